The van der Waals surface area contributed by atoms with Crippen LogP contribution in [0.15, 0.2) is 16.6 Å². The van der Waals surface area contributed by atoms with Crippen molar-refractivity contribution in [2.75, 3.05) is 18.4 Å². The lowest BCUT2D eigenvalue weighted by atomic mass is 9.94. The third-order valence-electron chi connectivity index (χ3n) is 3.72. The summed E-state index contributed by atoms with van der Waals surface area (Å²) in [7, 11) is 0. The number of piperidine rings is 1. The molecule has 0 saturated carbocycles. The average Bonchev–Trinajstić information content (AvgIpc) is 2.44. The maximum atomic E-state index is 13.5. The van der Waals surface area contributed by atoms with E-state index in [1.807, 2.05) is 6.92 Å². The standard InChI is InChI=1S/C15H20BrFN2O/c1-10-7-12(16)13(17)8-14(10)19-15(20)5-4-11-3-2-6-18-9-11/h7-8,11,18H,2-6,9H2,1H3,(H,19,20). The maximum absolute atomic E-state index is 13.5. The average molecular weight is 343 g/mol. The van der Waals surface area contributed by atoms with Crippen LogP contribution in [0.3, 0.4) is 0 Å². The molecule has 1 aromatic carbocycles. The first-order valence-electron chi connectivity index (χ1n) is 7.02. The number of benzene rings is 1. The van der Waals surface area contributed by atoms with Crippen LogP contribution in [0.25, 0.3) is 0 Å². The second-order valence-corrected chi connectivity index (χ2v) is 6.23. The number of amides is 1. The normalized spacial score (nSPS) is 18.9. The number of carbonyl (C=O) groups excluding carboxylic acids is 1. The number of aryl methyl sites for hydroxylation is 1. The van der Waals surface area contributed by atoms with Gasteiger partial charge in [-0.25, -0.2) is 4.39 Å². The number of nitrogens with one attached hydrogen (secondary N) is 2. The lowest BCUT2D eigenvalue weighted by Crippen LogP contribution is -2.30. The van der Waals surface area contributed by atoms with Crippen molar-refractivity contribution in [1.82, 2.24) is 5.32 Å². The van der Waals surface area contributed by atoms with Gasteiger partial charge in [0.2, 0.25) is 5.91 Å². The molecule has 0 spiro atoms. The fraction of sp³-hybridized carbons (Fsp3) is 0.533. The van der Waals surface area contributed by atoms with Crippen LogP contribution in [-0.4, -0.2) is 19.0 Å². The molecule has 5 heteroatoms. The van der Waals surface area contributed by atoms with Crippen LogP contribution in [0.1, 0.15) is 31.2 Å². The van der Waals surface area contributed by atoms with Crippen LogP contribution in [0.4, 0.5) is 10.1 Å². The second kappa shape index (κ2) is 7.18. The third-order valence-corrected chi connectivity index (χ3v) is 4.33. The number of hydrogen-bond acceptors (Lipinski definition) is 2. The van der Waals surface area contributed by atoms with E-state index in [0.29, 0.717) is 22.5 Å². The molecule has 1 amide bonds. The van der Waals surface area contributed by atoms with Crippen molar-refractivity contribution < 1.29 is 9.18 Å². The molecule has 1 aliphatic heterocycles. The van der Waals surface area contributed by atoms with E-state index in [2.05, 4.69) is 26.6 Å². The molecule has 0 aliphatic carbocycles. The summed E-state index contributed by atoms with van der Waals surface area (Å²) < 4.78 is 13.9. The predicted octanol–water partition coefficient (Wildman–Crippen LogP) is 3.61. The molecule has 3 nitrogen and oxygen atoms in total. The SMILES string of the molecule is Cc1cc(Br)c(F)cc1NC(=O)CCC1CCCNC1. The lowest BCUT2D eigenvalue weighted by molar-refractivity contribution is -0.116. The fourth-order valence-electron chi connectivity index (χ4n) is 2.50. The molecule has 110 valence electrons. The van der Waals surface area contributed by atoms with Crippen LogP contribution in [0.5, 0.6) is 0 Å². The van der Waals surface area contributed by atoms with Crippen molar-refractivity contribution in [1.29, 1.82) is 0 Å². The quantitative estimate of drug-likeness (QED) is 0.877. The summed E-state index contributed by atoms with van der Waals surface area (Å²) >= 11 is 3.13. The smallest absolute Gasteiger partial charge is 0.224 e. The molecule has 2 N–H and O–H groups in total. The van der Waals surface area contributed by atoms with Gasteiger partial charge in [-0.2, -0.15) is 0 Å². The van der Waals surface area contributed by atoms with Gasteiger partial charge in [-0.15, -0.1) is 0 Å². The van der Waals surface area contributed by atoms with Crippen molar-refractivity contribution in [2.24, 2.45) is 5.92 Å². The molecule has 1 aliphatic rings. The van der Waals surface area contributed by atoms with E-state index < -0.39 is 0 Å². The first-order valence-corrected chi connectivity index (χ1v) is 7.82. The Balaban J connectivity index is 1.86. The Morgan fingerprint density at radius 3 is 3.05 bits per heavy atom. The largest absolute Gasteiger partial charge is 0.326 e. The van der Waals surface area contributed by atoms with Crippen molar-refractivity contribution in [3.05, 3.63) is 28.0 Å². The molecule has 1 atom stereocenters. The van der Waals surface area contributed by atoms with Crippen molar-refractivity contribution in [2.45, 2.75) is 32.6 Å². The summed E-state index contributed by atoms with van der Waals surface area (Å²) in [6.45, 7) is 3.93. The van der Waals surface area contributed by atoms with E-state index in [-0.39, 0.29) is 11.7 Å². The summed E-state index contributed by atoms with van der Waals surface area (Å²) in [4.78, 5) is 11.9. The fourth-order valence-corrected chi connectivity index (χ4v) is 2.96. The Hall–Kier alpha value is -0.940. The van der Waals surface area contributed by atoms with Crippen LogP contribution in [0.2, 0.25) is 0 Å². The molecular weight excluding hydrogens is 323 g/mol. The molecule has 0 radical (unpaired) electrons. The molecule has 0 bridgehead atoms. The molecule has 1 fully saturated rings. The summed E-state index contributed by atoms with van der Waals surface area (Å²) in [6.07, 6.45) is 3.75. The van der Waals surface area contributed by atoms with E-state index in [9.17, 15) is 9.18 Å². The summed E-state index contributed by atoms with van der Waals surface area (Å²) in [5.74, 6) is 0.181. The number of rotatable bonds is 4. The van der Waals surface area contributed by atoms with Gasteiger partial charge in [0, 0.05) is 12.1 Å². The lowest BCUT2D eigenvalue weighted by Gasteiger charge is -2.22. The first-order chi connectivity index (χ1) is 9.56. The van der Waals surface area contributed by atoms with Gasteiger partial charge in [0.05, 0.1) is 4.47 Å². The predicted molar refractivity (Wildman–Crippen MR) is 82.3 cm³/mol. The molecule has 2 rings (SSSR count). The number of halogens is 2. The van der Waals surface area contributed by atoms with Gasteiger partial charge < -0.3 is 10.6 Å². The Kier molecular flexibility index (Phi) is 5.54. The number of anilines is 1. The Morgan fingerprint density at radius 2 is 2.35 bits per heavy atom. The molecule has 1 unspecified atom stereocenters. The zero-order valence-corrected chi connectivity index (χ0v) is 13.2. The highest BCUT2D eigenvalue weighted by atomic mass is 79.9. The summed E-state index contributed by atoms with van der Waals surface area (Å²) in [5.41, 5.74) is 1.41. The minimum Gasteiger partial charge on any atom is -0.326 e. The van der Waals surface area contributed by atoms with Gasteiger partial charge in [0.25, 0.3) is 0 Å². The van der Waals surface area contributed by atoms with Gasteiger partial charge in [0.15, 0.2) is 0 Å². The van der Waals surface area contributed by atoms with Gasteiger partial charge in [-0.1, -0.05) is 0 Å². The van der Waals surface area contributed by atoms with Crippen LogP contribution in [-0.2, 0) is 4.79 Å². The minimum atomic E-state index is -0.359. The zero-order valence-electron chi connectivity index (χ0n) is 11.6. The number of carbonyl (C=O) groups is 1. The van der Waals surface area contributed by atoms with Crippen LogP contribution in [0, 0.1) is 18.7 Å². The molecular formula is C15H20BrFN2O. The van der Waals surface area contributed by atoms with E-state index in [4.69, 9.17) is 0 Å². The molecule has 1 saturated heterocycles. The first kappa shape index (κ1) is 15.4. The minimum absolute atomic E-state index is 0.0413. The van der Waals surface area contributed by atoms with Crippen molar-refractivity contribution in [3.8, 4) is 0 Å². The Bertz CT molecular complexity index is 487. The monoisotopic (exact) mass is 342 g/mol. The maximum Gasteiger partial charge on any atom is 0.224 e. The third kappa shape index (κ3) is 4.28. The van der Waals surface area contributed by atoms with Crippen molar-refractivity contribution >= 4 is 27.5 Å². The molecule has 1 aromatic rings. The van der Waals surface area contributed by atoms with E-state index >= 15 is 0 Å². The van der Waals surface area contributed by atoms with E-state index in [1.54, 1.807) is 6.07 Å². The highest BCUT2D eigenvalue weighted by Crippen LogP contribution is 2.24. The zero-order chi connectivity index (χ0) is 14.5. The second-order valence-electron chi connectivity index (χ2n) is 5.38. The van der Waals surface area contributed by atoms with Gasteiger partial charge in [-0.3, -0.25) is 4.79 Å². The van der Waals surface area contributed by atoms with Gasteiger partial charge >= 0.3 is 0 Å². The Labute approximate surface area is 127 Å². The van der Waals surface area contributed by atoms with E-state index in [1.165, 1.54) is 18.9 Å². The van der Waals surface area contributed by atoms with Crippen molar-refractivity contribution in [3.63, 3.8) is 0 Å². The highest BCUT2D eigenvalue weighted by Gasteiger charge is 2.15. The van der Waals surface area contributed by atoms with Gasteiger partial charge in [0.1, 0.15) is 5.82 Å². The summed E-state index contributed by atoms with van der Waals surface area (Å²) in [5, 5.41) is 6.14. The topological polar surface area (TPSA) is 41.1 Å². The van der Waals surface area contributed by atoms with Crippen LogP contribution >= 0.6 is 15.9 Å². The Morgan fingerprint density at radius 1 is 1.55 bits per heavy atom. The van der Waals surface area contributed by atoms with Gasteiger partial charge in [-0.05, 0) is 78.8 Å². The highest BCUT2D eigenvalue weighted by molar-refractivity contribution is 9.10. The molecule has 1 heterocycles. The number of hydrogen-bond donors (Lipinski definition) is 2. The van der Waals surface area contributed by atoms with E-state index in [0.717, 1.165) is 25.1 Å². The molecule has 0 aromatic heterocycles. The molecule has 20 heavy (non-hydrogen) atoms. The summed E-state index contributed by atoms with van der Waals surface area (Å²) in [6, 6.07) is 3.04. The van der Waals surface area contributed by atoms with Crippen LogP contribution < -0.4 is 10.6 Å².